The maximum Gasteiger partial charge on any atom is 0.264 e. The number of fused-ring (bicyclic) bond motifs is 1. The van der Waals surface area contributed by atoms with Gasteiger partial charge in [0.1, 0.15) is 31.6 Å². The smallest absolute Gasteiger partial charge is 0.264 e. The zero-order valence-electron chi connectivity index (χ0n) is 24.8. The standard InChI is InChI=1S/C31H34Cl2FN3O6S/c1-5-26(30(39)35-31(2,3)4)36(18-20-6-12-24(32)25(33)16-20)29(38)19-37(22-9-7-21(34)8-10-22)44(40,41)23-11-13-27-28(17-23)43-15-14-42-27/h6-13,16-17,26H,5,14-15,18-19H2,1-4H3,(H,35,39). The number of ether oxygens (including phenoxy) is 2. The molecule has 4 rings (SSSR count). The van der Waals surface area contributed by atoms with Crippen LogP contribution in [0.25, 0.3) is 0 Å². The van der Waals surface area contributed by atoms with Crippen LogP contribution >= 0.6 is 23.2 Å². The van der Waals surface area contributed by atoms with Crippen LogP contribution in [0.15, 0.2) is 65.6 Å². The van der Waals surface area contributed by atoms with E-state index in [-0.39, 0.29) is 40.9 Å². The number of benzene rings is 3. The summed E-state index contributed by atoms with van der Waals surface area (Å²) < 4.78 is 54.1. The van der Waals surface area contributed by atoms with Crippen molar-refractivity contribution >= 4 is 50.7 Å². The number of rotatable bonds is 10. The van der Waals surface area contributed by atoms with Crippen molar-refractivity contribution in [3.8, 4) is 11.5 Å². The van der Waals surface area contributed by atoms with Gasteiger partial charge >= 0.3 is 0 Å². The van der Waals surface area contributed by atoms with Gasteiger partial charge in [-0.1, -0.05) is 36.2 Å². The molecule has 13 heteroatoms. The van der Waals surface area contributed by atoms with Gasteiger partial charge in [-0.2, -0.15) is 0 Å². The Balaban J connectivity index is 1.76. The van der Waals surface area contributed by atoms with Crippen molar-refractivity contribution in [2.75, 3.05) is 24.1 Å². The van der Waals surface area contributed by atoms with Gasteiger partial charge in [0.2, 0.25) is 11.8 Å². The fraction of sp³-hybridized carbons (Fsp3) is 0.355. The highest BCUT2D eigenvalue weighted by Gasteiger charge is 2.35. The van der Waals surface area contributed by atoms with Gasteiger partial charge < -0.3 is 19.7 Å². The van der Waals surface area contributed by atoms with Gasteiger partial charge in [-0.3, -0.25) is 13.9 Å². The van der Waals surface area contributed by atoms with E-state index in [4.69, 9.17) is 32.7 Å². The van der Waals surface area contributed by atoms with Gasteiger partial charge in [-0.15, -0.1) is 0 Å². The van der Waals surface area contributed by atoms with Gasteiger partial charge in [0, 0.05) is 18.2 Å². The van der Waals surface area contributed by atoms with Crippen LogP contribution in [0.5, 0.6) is 11.5 Å². The Kier molecular flexibility index (Phi) is 10.3. The van der Waals surface area contributed by atoms with Gasteiger partial charge in [-0.25, -0.2) is 12.8 Å². The van der Waals surface area contributed by atoms with E-state index in [9.17, 15) is 22.4 Å². The molecule has 1 unspecified atom stereocenters. The molecule has 0 bridgehead atoms. The van der Waals surface area contributed by atoms with Gasteiger partial charge in [0.25, 0.3) is 10.0 Å². The maximum atomic E-state index is 14.2. The van der Waals surface area contributed by atoms with Gasteiger partial charge in [0.15, 0.2) is 11.5 Å². The normalized spacial score (nSPS) is 13.6. The van der Waals surface area contributed by atoms with Crippen LogP contribution in [0.4, 0.5) is 10.1 Å². The summed E-state index contributed by atoms with van der Waals surface area (Å²) in [5.41, 5.74) is 0.0407. The van der Waals surface area contributed by atoms with E-state index in [1.807, 2.05) is 20.8 Å². The molecule has 2 amide bonds. The van der Waals surface area contributed by atoms with E-state index in [2.05, 4.69) is 5.32 Å². The highest BCUT2D eigenvalue weighted by Crippen LogP contribution is 2.34. The number of anilines is 1. The second-order valence-corrected chi connectivity index (χ2v) is 13.9. The average molecular weight is 667 g/mol. The second kappa shape index (κ2) is 13.6. The largest absolute Gasteiger partial charge is 0.486 e. The molecule has 1 heterocycles. The second-order valence-electron chi connectivity index (χ2n) is 11.2. The third-order valence-corrected chi connectivity index (χ3v) is 9.23. The number of nitrogens with one attached hydrogen (secondary N) is 1. The molecule has 3 aromatic rings. The number of carbonyl (C=O) groups is 2. The van der Waals surface area contributed by atoms with Crippen LogP contribution in [0, 0.1) is 5.82 Å². The van der Waals surface area contributed by atoms with E-state index < -0.39 is 45.8 Å². The minimum atomic E-state index is -4.41. The highest BCUT2D eigenvalue weighted by molar-refractivity contribution is 7.92. The zero-order chi connectivity index (χ0) is 32.2. The lowest BCUT2D eigenvalue weighted by atomic mass is 10.1. The van der Waals surface area contributed by atoms with Crippen LogP contribution in [0.2, 0.25) is 10.0 Å². The molecule has 1 aliphatic heterocycles. The molecule has 1 aliphatic rings. The average Bonchev–Trinajstić information content (AvgIpc) is 2.96. The summed E-state index contributed by atoms with van der Waals surface area (Å²) in [6, 6.07) is 12.8. The van der Waals surface area contributed by atoms with Crippen molar-refractivity contribution in [1.82, 2.24) is 10.2 Å². The molecule has 0 radical (unpaired) electrons. The molecule has 9 nitrogen and oxygen atoms in total. The van der Waals surface area contributed by atoms with Gasteiger partial charge in [0.05, 0.1) is 20.6 Å². The van der Waals surface area contributed by atoms with Crippen molar-refractivity contribution in [2.24, 2.45) is 0 Å². The Hall–Kier alpha value is -3.54. The first-order chi connectivity index (χ1) is 20.7. The first-order valence-corrected chi connectivity index (χ1v) is 16.1. The third kappa shape index (κ3) is 7.94. The Morgan fingerprint density at radius 1 is 0.955 bits per heavy atom. The Bertz CT molecular complexity index is 1630. The Morgan fingerprint density at radius 2 is 1.61 bits per heavy atom. The molecule has 1 N–H and O–H groups in total. The lowest BCUT2D eigenvalue weighted by Crippen LogP contribution is -2.55. The lowest BCUT2D eigenvalue weighted by molar-refractivity contribution is -0.141. The summed E-state index contributed by atoms with van der Waals surface area (Å²) >= 11 is 12.3. The zero-order valence-corrected chi connectivity index (χ0v) is 27.1. The number of sulfonamides is 1. The van der Waals surface area contributed by atoms with Gasteiger partial charge in [-0.05, 0) is 81.3 Å². The van der Waals surface area contributed by atoms with Crippen LogP contribution in [0.3, 0.4) is 0 Å². The number of halogens is 3. The van der Waals surface area contributed by atoms with Crippen molar-refractivity contribution in [1.29, 1.82) is 0 Å². The lowest BCUT2D eigenvalue weighted by Gasteiger charge is -2.35. The number of carbonyl (C=O) groups excluding carboxylic acids is 2. The number of nitrogens with zero attached hydrogens (tertiary/aromatic N) is 2. The molecule has 236 valence electrons. The molecule has 0 aromatic heterocycles. The highest BCUT2D eigenvalue weighted by atomic mass is 35.5. The monoisotopic (exact) mass is 665 g/mol. The van der Waals surface area contributed by atoms with Crippen molar-refractivity contribution in [3.63, 3.8) is 0 Å². The Labute approximate surface area is 266 Å². The summed E-state index contributed by atoms with van der Waals surface area (Å²) in [5, 5.41) is 3.49. The minimum absolute atomic E-state index is 0.0521. The number of hydrogen-bond donors (Lipinski definition) is 1. The van der Waals surface area contributed by atoms with E-state index >= 15 is 0 Å². The van der Waals surface area contributed by atoms with E-state index in [1.54, 1.807) is 25.1 Å². The van der Waals surface area contributed by atoms with Crippen LogP contribution in [-0.2, 0) is 26.2 Å². The number of amides is 2. The fourth-order valence-corrected chi connectivity index (χ4v) is 6.41. The van der Waals surface area contributed by atoms with Crippen LogP contribution < -0.4 is 19.1 Å². The quantitative estimate of drug-likeness (QED) is 0.293. The predicted octanol–water partition coefficient (Wildman–Crippen LogP) is 5.82. The van der Waals surface area contributed by atoms with E-state index in [1.165, 1.54) is 35.2 Å². The molecular formula is C31H34Cl2FN3O6S. The summed E-state index contributed by atoms with van der Waals surface area (Å²) in [5.74, 6) is -1.02. The van der Waals surface area contributed by atoms with Crippen LogP contribution in [-0.4, -0.2) is 56.5 Å². The molecule has 3 aromatic carbocycles. The summed E-state index contributed by atoms with van der Waals surface area (Å²) in [6.07, 6.45) is 0.237. The van der Waals surface area contributed by atoms with Crippen molar-refractivity contribution in [2.45, 2.75) is 57.1 Å². The van der Waals surface area contributed by atoms with Crippen molar-refractivity contribution < 1.29 is 31.9 Å². The molecule has 0 saturated heterocycles. The SMILES string of the molecule is CCC(C(=O)NC(C)(C)C)N(Cc1ccc(Cl)c(Cl)c1)C(=O)CN(c1ccc(F)cc1)S(=O)(=O)c1ccc2c(c1)OCCO2. The fourth-order valence-electron chi connectivity index (χ4n) is 4.65. The summed E-state index contributed by atoms with van der Waals surface area (Å²) in [6.45, 7) is 7.03. The molecular weight excluding hydrogens is 632 g/mol. The van der Waals surface area contributed by atoms with Crippen molar-refractivity contribution in [3.05, 3.63) is 82.1 Å². The molecule has 44 heavy (non-hydrogen) atoms. The molecule has 0 aliphatic carbocycles. The number of hydrogen-bond acceptors (Lipinski definition) is 6. The molecule has 1 atom stereocenters. The van der Waals surface area contributed by atoms with E-state index in [0.717, 1.165) is 16.4 Å². The maximum absolute atomic E-state index is 14.2. The molecule has 0 spiro atoms. The molecule has 0 saturated carbocycles. The molecule has 0 fully saturated rings. The van der Waals surface area contributed by atoms with Crippen LogP contribution in [0.1, 0.15) is 39.7 Å². The third-order valence-electron chi connectivity index (χ3n) is 6.72. The topological polar surface area (TPSA) is 105 Å². The predicted molar refractivity (Wildman–Crippen MR) is 167 cm³/mol. The Morgan fingerprint density at radius 3 is 2.23 bits per heavy atom. The minimum Gasteiger partial charge on any atom is -0.486 e. The summed E-state index contributed by atoms with van der Waals surface area (Å²) in [7, 11) is -4.41. The summed E-state index contributed by atoms with van der Waals surface area (Å²) in [4.78, 5) is 28.8. The first-order valence-electron chi connectivity index (χ1n) is 13.9. The first kappa shape index (κ1) is 33.4. The van der Waals surface area contributed by atoms with E-state index in [0.29, 0.717) is 22.9 Å².